The Morgan fingerprint density at radius 3 is 2.78 bits per heavy atom. The molecule has 1 atom stereocenters. The fourth-order valence-corrected chi connectivity index (χ4v) is 2.82. The van der Waals surface area contributed by atoms with E-state index in [4.69, 9.17) is 4.74 Å². The molecule has 2 aromatic rings. The van der Waals surface area contributed by atoms with Crippen LogP contribution >= 0.6 is 0 Å². The summed E-state index contributed by atoms with van der Waals surface area (Å²) < 4.78 is 19.1. The largest absolute Gasteiger partial charge is 0.457 e. The van der Waals surface area contributed by atoms with Gasteiger partial charge in [-0.05, 0) is 36.6 Å². The van der Waals surface area contributed by atoms with Crippen molar-refractivity contribution in [2.75, 3.05) is 13.1 Å². The van der Waals surface area contributed by atoms with Gasteiger partial charge in [-0.25, -0.2) is 9.18 Å². The lowest BCUT2D eigenvalue weighted by Crippen LogP contribution is -2.24. The zero-order valence-electron chi connectivity index (χ0n) is 13.2. The molecule has 1 heterocycles. The first-order valence-corrected chi connectivity index (χ1v) is 7.85. The molecule has 0 spiro atoms. The molecule has 1 fully saturated rings. The third kappa shape index (κ3) is 3.96. The second kappa shape index (κ2) is 6.92. The molecule has 0 N–H and O–H groups in total. The van der Waals surface area contributed by atoms with Gasteiger partial charge in [0.25, 0.3) is 0 Å². The SMILES string of the molecule is Cc1ccc(C(=O)O[C@@H]2CCN(Cc3ccccc3)C2)cc1F. The molecule has 0 aromatic heterocycles. The van der Waals surface area contributed by atoms with E-state index >= 15 is 0 Å². The van der Waals surface area contributed by atoms with E-state index in [-0.39, 0.29) is 17.5 Å². The fraction of sp³-hybridized carbons (Fsp3) is 0.316. The van der Waals surface area contributed by atoms with Crippen molar-refractivity contribution in [2.45, 2.75) is 26.0 Å². The fourth-order valence-electron chi connectivity index (χ4n) is 2.82. The number of esters is 1. The number of hydrogen-bond acceptors (Lipinski definition) is 3. The van der Waals surface area contributed by atoms with Crippen molar-refractivity contribution in [1.29, 1.82) is 0 Å². The summed E-state index contributed by atoms with van der Waals surface area (Å²) >= 11 is 0. The van der Waals surface area contributed by atoms with Crippen LogP contribution in [0.25, 0.3) is 0 Å². The van der Waals surface area contributed by atoms with Crippen LogP contribution in [-0.4, -0.2) is 30.1 Å². The molecule has 4 heteroatoms. The van der Waals surface area contributed by atoms with Gasteiger partial charge >= 0.3 is 5.97 Å². The van der Waals surface area contributed by atoms with Gasteiger partial charge in [-0.3, -0.25) is 4.90 Å². The average molecular weight is 313 g/mol. The predicted molar refractivity (Wildman–Crippen MR) is 86.7 cm³/mol. The van der Waals surface area contributed by atoms with Gasteiger partial charge in [-0.15, -0.1) is 0 Å². The highest BCUT2D eigenvalue weighted by atomic mass is 19.1. The molecule has 0 bridgehead atoms. The molecule has 0 saturated carbocycles. The number of hydrogen-bond donors (Lipinski definition) is 0. The van der Waals surface area contributed by atoms with Crippen LogP contribution in [-0.2, 0) is 11.3 Å². The number of carbonyl (C=O) groups excluding carboxylic acids is 1. The van der Waals surface area contributed by atoms with Crippen LogP contribution in [0, 0.1) is 12.7 Å². The summed E-state index contributed by atoms with van der Waals surface area (Å²) in [6, 6.07) is 14.7. The standard InChI is InChI=1S/C19H20FNO2/c1-14-7-8-16(11-18(14)20)19(22)23-17-9-10-21(13-17)12-15-5-3-2-4-6-15/h2-8,11,17H,9-10,12-13H2,1H3/t17-/m1/s1. The van der Waals surface area contributed by atoms with Gasteiger partial charge in [0.15, 0.2) is 0 Å². The van der Waals surface area contributed by atoms with Crippen LogP contribution in [0.15, 0.2) is 48.5 Å². The highest BCUT2D eigenvalue weighted by Gasteiger charge is 2.26. The molecule has 0 radical (unpaired) electrons. The van der Waals surface area contributed by atoms with Crippen molar-refractivity contribution in [3.8, 4) is 0 Å². The minimum Gasteiger partial charge on any atom is -0.457 e. The highest BCUT2D eigenvalue weighted by molar-refractivity contribution is 5.89. The summed E-state index contributed by atoms with van der Waals surface area (Å²) in [5.74, 6) is -0.827. The van der Waals surface area contributed by atoms with Crippen molar-refractivity contribution in [2.24, 2.45) is 0 Å². The summed E-state index contributed by atoms with van der Waals surface area (Å²) in [7, 11) is 0. The van der Waals surface area contributed by atoms with Gasteiger partial charge in [-0.2, -0.15) is 0 Å². The lowest BCUT2D eigenvalue weighted by atomic mass is 10.1. The summed E-state index contributed by atoms with van der Waals surface area (Å²) in [5.41, 5.74) is 2.05. The topological polar surface area (TPSA) is 29.5 Å². The molecule has 2 aromatic carbocycles. The molecule has 0 unspecified atom stereocenters. The van der Waals surface area contributed by atoms with Gasteiger partial charge in [0, 0.05) is 19.6 Å². The second-order valence-corrected chi connectivity index (χ2v) is 6.00. The maximum Gasteiger partial charge on any atom is 0.338 e. The first kappa shape index (κ1) is 15.7. The predicted octanol–water partition coefficient (Wildman–Crippen LogP) is 3.57. The van der Waals surface area contributed by atoms with E-state index in [1.165, 1.54) is 11.6 Å². The van der Waals surface area contributed by atoms with E-state index in [0.29, 0.717) is 5.56 Å². The molecule has 120 valence electrons. The number of rotatable bonds is 4. The van der Waals surface area contributed by atoms with E-state index in [1.807, 2.05) is 18.2 Å². The van der Waals surface area contributed by atoms with E-state index in [2.05, 4.69) is 17.0 Å². The Labute approximate surface area is 135 Å². The third-order valence-electron chi connectivity index (χ3n) is 4.16. The Bertz CT molecular complexity index is 687. The van der Waals surface area contributed by atoms with Crippen LogP contribution in [0.1, 0.15) is 27.9 Å². The van der Waals surface area contributed by atoms with Crippen molar-refractivity contribution >= 4 is 5.97 Å². The molecule has 3 rings (SSSR count). The Morgan fingerprint density at radius 1 is 1.26 bits per heavy atom. The van der Waals surface area contributed by atoms with Gasteiger partial charge in [0.1, 0.15) is 11.9 Å². The van der Waals surface area contributed by atoms with Crippen molar-refractivity contribution < 1.29 is 13.9 Å². The lowest BCUT2D eigenvalue weighted by molar-refractivity contribution is 0.0320. The lowest BCUT2D eigenvalue weighted by Gasteiger charge is -2.16. The van der Waals surface area contributed by atoms with E-state index < -0.39 is 5.97 Å². The number of ether oxygens (including phenoxy) is 1. The van der Waals surface area contributed by atoms with E-state index in [0.717, 1.165) is 26.1 Å². The average Bonchev–Trinajstić information content (AvgIpc) is 2.98. The first-order valence-electron chi connectivity index (χ1n) is 7.85. The summed E-state index contributed by atoms with van der Waals surface area (Å²) in [6.45, 7) is 4.14. The zero-order chi connectivity index (χ0) is 16.2. The van der Waals surface area contributed by atoms with E-state index in [9.17, 15) is 9.18 Å². The molecule has 23 heavy (non-hydrogen) atoms. The quantitative estimate of drug-likeness (QED) is 0.808. The van der Waals surface area contributed by atoms with Crippen molar-refractivity contribution in [3.05, 3.63) is 71.0 Å². The number of halogens is 1. The Morgan fingerprint density at radius 2 is 2.04 bits per heavy atom. The molecule has 1 saturated heterocycles. The number of likely N-dealkylation sites (tertiary alicyclic amines) is 1. The summed E-state index contributed by atoms with van der Waals surface area (Å²) in [6.07, 6.45) is 0.683. The van der Waals surface area contributed by atoms with E-state index in [1.54, 1.807) is 19.1 Å². The molecule has 1 aliphatic heterocycles. The van der Waals surface area contributed by atoms with Crippen LogP contribution < -0.4 is 0 Å². The monoisotopic (exact) mass is 313 g/mol. The van der Waals surface area contributed by atoms with Crippen LogP contribution in [0.2, 0.25) is 0 Å². The third-order valence-corrected chi connectivity index (χ3v) is 4.16. The van der Waals surface area contributed by atoms with Crippen LogP contribution in [0.3, 0.4) is 0 Å². The molecule has 0 amide bonds. The minimum absolute atomic E-state index is 0.129. The summed E-state index contributed by atoms with van der Waals surface area (Å²) in [5, 5.41) is 0. The van der Waals surface area contributed by atoms with Gasteiger partial charge < -0.3 is 4.74 Å². The summed E-state index contributed by atoms with van der Waals surface area (Å²) in [4.78, 5) is 14.4. The normalized spacial score (nSPS) is 18.1. The maximum atomic E-state index is 13.5. The minimum atomic E-state index is -0.449. The Hall–Kier alpha value is -2.20. The Kier molecular flexibility index (Phi) is 4.72. The highest BCUT2D eigenvalue weighted by Crippen LogP contribution is 2.18. The molecule has 1 aliphatic rings. The molecular weight excluding hydrogens is 293 g/mol. The number of aryl methyl sites for hydroxylation is 1. The molecular formula is C19H20FNO2. The second-order valence-electron chi connectivity index (χ2n) is 6.00. The first-order chi connectivity index (χ1) is 11.1. The molecule has 0 aliphatic carbocycles. The van der Waals surface area contributed by atoms with Gasteiger partial charge in [0.05, 0.1) is 5.56 Å². The number of nitrogens with zero attached hydrogens (tertiary/aromatic N) is 1. The number of carbonyl (C=O) groups is 1. The van der Waals surface area contributed by atoms with Crippen molar-refractivity contribution in [3.63, 3.8) is 0 Å². The Balaban J connectivity index is 1.55. The maximum absolute atomic E-state index is 13.5. The van der Waals surface area contributed by atoms with Crippen molar-refractivity contribution in [1.82, 2.24) is 4.90 Å². The number of benzene rings is 2. The van der Waals surface area contributed by atoms with Gasteiger partial charge in [0.2, 0.25) is 0 Å². The van der Waals surface area contributed by atoms with Crippen LogP contribution in [0.5, 0.6) is 0 Å². The smallest absolute Gasteiger partial charge is 0.338 e. The molecule has 3 nitrogen and oxygen atoms in total. The zero-order valence-corrected chi connectivity index (χ0v) is 13.2. The van der Waals surface area contributed by atoms with Gasteiger partial charge in [-0.1, -0.05) is 36.4 Å². The van der Waals surface area contributed by atoms with Crippen LogP contribution in [0.4, 0.5) is 4.39 Å².